The van der Waals surface area contributed by atoms with Gasteiger partial charge in [-0.2, -0.15) is 0 Å². The highest BCUT2D eigenvalue weighted by Crippen LogP contribution is 2.15. The second kappa shape index (κ2) is 7.42. The van der Waals surface area contributed by atoms with E-state index in [0.717, 1.165) is 11.8 Å². The molecule has 1 aliphatic rings. The summed E-state index contributed by atoms with van der Waals surface area (Å²) in [4.78, 5) is 15.9. The molecule has 1 aromatic rings. The molecule has 23 heavy (non-hydrogen) atoms. The molecule has 1 aliphatic heterocycles. The van der Waals surface area contributed by atoms with Crippen molar-refractivity contribution in [3.8, 4) is 0 Å². The molecule has 2 atom stereocenters. The largest absolute Gasteiger partial charge is 0.387 e. The Morgan fingerprint density at radius 1 is 1.17 bits per heavy atom. The number of carbonyl (C=O) groups is 1. The van der Waals surface area contributed by atoms with Gasteiger partial charge in [0.25, 0.3) is 0 Å². The highest BCUT2D eigenvalue weighted by molar-refractivity contribution is 7.92. The van der Waals surface area contributed by atoms with Crippen molar-refractivity contribution in [3.05, 3.63) is 35.9 Å². The van der Waals surface area contributed by atoms with E-state index in [4.69, 9.17) is 0 Å². The van der Waals surface area contributed by atoms with Crippen LogP contribution in [0.1, 0.15) is 18.6 Å². The van der Waals surface area contributed by atoms with Gasteiger partial charge in [0.2, 0.25) is 5.91 Å². The number of aliphatic hydroxyl groups is 1. The van der Waals surface area contributed by atoms with Crippen LogP contribution in [0.15, 0.2) is 30.3 Å². The van der Waals surface area contributed by atoms with Crippen LogP contribution in [0.5, 0.6) is 0 Å². The van der Waals surface area contributed by atoms with E-state index in [1.807, 2.05) is 30.3 Å². The van der Waals surface area contributed by atoms with Gasteiger partial charge in [-0.05, 0) is 12.5 Å². The summed E-state index contributed by atoms with van der Waals surface area (Å²) in [5.41, 5.74) is 0.872. The van der Waals surface area contributed by atoms with Crippen LogP contribution in [0, 0.1) is 0 Å². The molecule has 0 aliphatic carbocycles. The van der Waals surface area contributed by atoms with Crippen molar-refractivity contribution in [3.63, 3.8) is 0 Å². The van der Waals surface area contributed by atoms with E-state index in [0.29, 0.717) is 32.7 Å². The fraction of sp³-hybridized carbons (Fsp3) is 0.562. The van der Waals surface area contributed by atoms with E-state index in [1.54, 1.807) is 4.90 Å². The van der Waals surface area contributed by atoms with E-state index in [2.05, 4.69) is 4.90 Å². The van der Waals surface area contributed by atoms with Crippen molar-refractivity contribution >= 4 is 15.7 Å². The van der Waals surface area contributed by atoms with Crippen molar-refractivity contribution in [2.24, 2.45) is 0 Å². The highest BCUT2D eigenvalue weighted by atomic mass is 32.2. The van der Waals surface area contributed by atoms with Crippen molar-refractivity contribution in [1.82, 2.24) is 9.80 Å². The molecule has 0 spiro atoms. The minimum atomic E-state index is -3.36. The molecule has 0 unspecified atom stereocenters. The summed E-state index contributed by atoms with van der Waals surface area (Å²) in [5, 5.41) is 9.24. The Morgan fingerprint density at radius 2 is 1.74 bits per heavy atom. The molecule has 0 bridgehead atoms. The summed E-state index contributed by atoms with van der Waals surface area (Å²) in [6.07, 6.45) is 0.524. The first-order chi connectivity index (χ1) is 10.8. The zero-order valence-electron chi connectivity index (χ0n) is 13.6. The number of hydrogen-bond donors (Lipinski definition) is 1. The molecule has 7 heteroatoms. The third kappa shape index (κ3) is 4.76. The smallest absolute Gasteiger partial charge is 0.240 e. The van der Waals surface area contributed by atoms with E-state index < -0.39 is 21.2 Å². The van der Waals surface area contributed by atoms with Crippen LogP contribution in [0.4, 0.5) is 0 Å². The third-order valence-electron chi connectivity index (χ3n) is 4.29. The van der Waals surface area contributed by atoms with Gasteiger partial charge in [-0.15, -0.1) is 0 Å². The number of sulfone groups is 1. The quantitative estimate of drug-likeness (QED) is 0.834. The molecule has 0 aromatic heterocycles. The van der Waals surface area contributed by atoms with Crippen LogP contribution < -0.4 is 0 Å². The van der Waals surface area contributed by atoms with E-state index in [9.17, 15) is 18.3 Å². The molecule has 0 saturated carbocycles. The molecule has 1 N–H and O–H groups in total. The normalized spacial score (nSPS) is 19.3. The van der Waals surface area contributed by atoms with Crippen molar-refractivity contribution in [2.45, 2.75) is 18.3 Å². The third-order valence-corrected chi connectivity index (χ3v) is 5.78. The van der Waals surface area contributed by atoms with Crippen LogP contribution in [0.2, 0.25) is 0 Å². The van der Waals surface area contributed by atoms with Gasteiger partial charge in [0, 0.05) is 39.0 Å². The van der Waals surface area contributed by atoms with Crippen molar-refractivity contribution < 1.29 is 18.3 Å². The predicted molar refractivity (Wildman–Crippen MR) is 88.7 cm³/mol. The Balaban J connectivity index is 1.86. The van der Waals surface area contributed by atoms with Gasteiger partial charge in [-0.3, -0.25) is 9.69 Å². The second-order valence-corrected chi connectivity index (χ2v) is 8.39. The molecule has 2 rings (SSSR count). The maximum atomic E-state index is 12.2. The number of rotatable bonds is 5. The number of hydrogen-bond acceptors (Lipinski definition) is 5. The van der Waals surface area contributed by atoms with Gasteiger partial charge in [0.1, 0.15) is 5.25 Å². The fourth-order valence-electron chi connectivity index (χ4n) is 2.62. The van der Waals surface area contributed by atoms with Gasteiger partial charge in [0.05, 0.1) is 6.10 Å². The van der Waals surface area contributed by atoms with Gasteiger partial charge >= 0.3 is 0 Å². The van der Waals surface area contributed by atoms with E-state index in [-0.39, 0.29) is 5.91 Å². The molecule has 1 saturated heterocycles. The lowest BCUT2D eigenvalue weighted by Gasteiger charge is -2.36. The number of carbonyl (C=O) groups excluding carboxylic acids is 1. The number of benzene rings is 1. The number of piperazine rings is 1. The summed E-state index contributed by atoms with van der Waals surface area (Å²) in [7, 11) is -3.36. The van der Waals surface area contributed by atoms with Crippen LogP contribution in [-0.2, 0) is 14.6 Å². The van der Waals surface area contributed by atoms with Crippen molar-refractivity contribution in [2.75, 3.05) is 39.0 Å². The lowest BCUT2D eigenvalue weighted by atomic mass is 10.1. The Labute approximate surface area is 137 Å². The summed E-state index contributed by atoms with van der Waals surface area (Å²) >= 11 is 0. The Kier molecular flexibility index (Phi) is 5.78. The SMILES string of the molecule is C[C@@H](C(=O)N1CCN(C[C@@H](O)c2ccccc2)CC1)S(C)(=O)=O. The Morgan fingerprint density at radius 3 is 2.26 bits per heavy atom. The fourth-order valence-corrected chi connectivity index (χ4v) is 3.13. The van der Waals surface area contributed by atoms with E-state index >= 15 is 0 Å². The molecule has 0 radical (unpaired) electrons. The average molecular weight is 340 g/mol. The number of aliphatic hydroxyl groups excluding tert-OH is 1. The summed E-state index contributed by atoms with van der Waals surface area (Å²) in [6.45, 7) is 4.18. The minimum Gasteiger partial charge on any atom is -0.387 e. The first-order valence-corrected chi connectivity index (χ1v) is 9.67. The molecular formula is C16H24N2O4S. The highest BCUT2D eigenvalue weighted by Gasteiger charge is 2.30. The number of amides is 1. The Hall–Kier alpha value is -1.44. The first-order valence-electron chi connectivity index (χ1n) is 7.72. The molecule has 128 valence electrons. The molecule has 1 heterocycles. The molecule has 1 amide bonds. The maximum absolute atomic E-state index is 12.2. The number of nitrogens with zero attached hydrogens (tertiary/aromatic N) is 2. The van der Waals surface area contributed by atoms with Gasteiger partial charge in [-0.25, -0.2) is 8.42 Å². The topological polar surface area (TPSA) is 77.9 Å². The van der Waals surface area contributed by atoms with Gasteiger partial charge < -0.3 is 10.0 Å². The molecule has 6 nitrogen and oxygen atoms in total. The molecule has 1 fully saturated rings. The van der Waals surface area contributed by atoms with Gasteiger partial charge in [0.15, 0.2) is 9.84 Å². The maximum Gasteiger partial charge on any atom is 0.240 e. The van der Waals surface area contributed by atoms with Crippen LogP contribution in [0.25, 0.3) is 0 Å². The average Bonchev–Trinajstić information content (AvgIpc) is 2.54. The van der Waals surface area contributed by atoms with Crippen LogP contribution >= 0.6 is 0 Å². The predicted octanol–water partition coefficient (Wildman–Crippen LogP) is 0.297. The molecular weight excluding hydrogens is 316 g/mol. The summed E-state index contributed by atoms with van der Waals surface area (Å²) in [6, 6.07) is 9.46. The number of β-amino-alcohol motifs (C(OH)–C–C–N with tert-alkyl or cyclic N) is 1. The van der Waals surface area contributed by atoms with Crippen molar-refractivity contribution in [1.29, 1.82) is 0 Å². The summed E-state index contributed by atoms with van der Waals surface area (Å²) < 4.78 is 23.0. The standard InChI is InChI=1S/C16H24N2O4S/c1-13(23(2,21)22)16(20)18-10-8-17(9-11-18)12-15(19)14-6-4-3-5-7-14/h3-7,13,15,19H,8-12H2,1-2H3/t13-,15+/m0/s1. The van der Waals surface area contributed by atoms with E-state index in [1.165, 1.54) is 6.92 Å². The minimum absolute atomic E-state index is 0.337. The second-order valence-electron chi connectivity index (χ2n) is 6.02. The van der Waals surface area contributed by atoms with Gasteiger partial charge in [-0.1, -0.05) is 30.3 Å². The molecule has 1 aromatic carbocycles. The Bertz CT molecular complexity index is 625. The lowest BCUT2D eigenvalue weighted by Crippen LogP contribution is -2.52. The first kappa shape index (κ1) is 17.9. The van der Waals surface area contributed by atoms with Crippen LogP contribution in [-0.4, -0.2) is 73.5 Å². The lowest BCUT2D eigenvalue weighted by molar-refractivity contribution is -0.132. The summed E-state index contributed by atoms with van der Waals surface area (Å²) in [5.74, 6) is -0.337. The zero-order chi connectivity index (χ0) is 17.0. The van der Waals surface area contributed by atoms with Crippen LogP contribution in [0.3, 0.4) is 0 Å². The zero-order valence-corrected chi connectivity index (χ0v) is 14.4. The monoisotopic (exact) mass is 340 g/mol.